The summed E-state index contributed by atoms with van der Waals surface area (Å²) >= 11 is 6.89. The third-order valence-electron chi connectivity index (χ3n) is 4.06. The smallest absolute Gasteiger partial charge is 0.293 e. The number of benzene rings is 1. The summed E-state index contributed by atoms with van der Waals surface area (Å²) in [4.78, 5) is 28.5. The van der Waals surface area contributed by atoms with Gasteiger partial charge in [-0.15, -0.1) is 0 Å². The molecule has 1 aliphatic rings. The molecule has 0 aliphatic carbocycles. The Bertz CT molecular complexity index is 858. The molecule has 0 bridgehead atoms. The number of halogens is 1. The minimum atomic E-state index is -0.319. The molecular weight excluding hydrogens is 372 g/mol. The second-order valence-corrected chi connectivity index (χ2v) is 7.18. The van der Waals surface area contributed by atoms with Crippen molar-refractivity contribution < 1.29 is 14.0 Å². The number of carbonyl (C=O) groups is 2. The minimum Gasteiger partial charge on any atom is -0.441 e. The maximum Gasteiger partial charge on any atom is 0.293 e. The summed E-state index contributed by atoms with van der Waals surface area (Å²) in [5.74, 6) is 0.986. The van der Waals surface area contributed by atoms with Crippen LogP contribution < -0.4 is 4.90 Å². The lowest BCUT2D eigenvalue weighted by molar-refractivity contribution is -0.123. The second kappa shape index (κ2) is 8.01. The number of nitrogens with zero attached hydrogens (tertiary/aromatic N) is 2. The quantitative estimate of drug-likeness (QED) is 0.648. The topological polar surface area (TPSA) is 53.8 Å². The maximum atomic E-state index is 12.6. The molecule has 136 valence electrons. The van der Waals surface area contributed by atoms with Crippen LogP contribution in [0.4, 0.5) is 10.7 Å². The predicted molar refractivity (Wildman–Crippen MR) is 105 cm³/mol. The highest BCUT2D eigenvalue weighted by molar-refractivity contribution is 8.18. The van der Waals surface area contributed by atoms with E-state index in [9.17, 15) is 9.59 Å². The Hall–Kier alpha value is -2.18. The van der Waals surface area contributed by atoms with Crippen LogP contribution in [0.3, 0.4) is 0 Å². The first-order valence-electron chi connectivity index (χ1n) is 8.36. The van der Waals surface area contributed by atoms with E-state index >= 15 is 0 Å². The number of imide groups is 1. The maximum absolute atomic E-state index is 12.6. The number of amides is 2. The molecule has 1 saturated heterocycles. The molecule has 26 heavy (non-hydrogen) atoms. The highest BCUT2D eigenvalue weighted by atomic mass is 35.5. The van der Waals surface area contributed by atoms with Crippen LogP contribution in [0, 0.1) is 0 Å². The first-order chi connectivity index (χ1) is 12.5. The minimum absolute atomic E-state index is 0.200. The highest BCUT2D eigenvalue weighted by Gasteiger charge is 2.35. The summed E-state index contributed by atoms with van der Waals surface area (Å²) in [6, 6.07) is 10.8. The van der Waals surface area contributed by atoms with E-state index < -0.39 is 0 Å². The number of hydrogen-bond acceptors (Lipinski definition) is 5. The van der Waals surface area contributed by atoms with Crippen molar-refractivity contribution in [3.63, 3.8) is 0 Å². The van der Waals surface area contributed by atoms with Crippen LogP contribution in [-0.4, -0.2) is 29.1 Å². The van der Waals surface area contributed by atoms with E-state index in [4.69, 9.17) is 16.0 Å². The van der Waals surface area contributed by atoms with E-state index in [2.05, 4.69) is 4.90 Å². The van der Waals surface area contributed by atoms with E-state index in [1.807, 2.05) is 26.0 Å². The number of rotatable bonds is 6. The molecule has 2 amide bonds. The largest absolute Gasteiger partial charge is 0.441 e. The highest BCUT2D eigenvalue weighted by Crippen LogP contribution is 2.34. The average molecular weight is 391 g/mol. The van der Waals surface area contributed by atoms with Crippen molar-refractivity contribution in [1.29, 1.82) is 0 Å². The van der Waals surface area contributed by atoms with E-state index in [0.717, 1.165) is 36.3 Å². The molecule has 0 spiro atoms. The number of anilines is 1. The molecule has 7 heteroatoms. The third-order valence-corrected chi connectivity index (χ3v) is 5.21. The second-order valence-electron chi connectivity index (χ2n) is 5.75. The summed E-state index contributed by atoms with van der Waals surface area (Å²) in [6.07, 6.45) is 1.62. The molecule has 1 aromatic heterocycles. The lowest BCUT2D eigenvalue weighted by atomic mass is 10.2. The number of thioether (sulfide) groups is 1. The lowest BCUT2D eigenvalue weighted by Crippen LogP contribution is -2.27. The molecule has 0 radical (unpaired) electrons. The third kappa shape index (κ3) is 3.97. The lowest BCUT2D eigenvalue weighted by Gasteiger charge is -2.16. The van der Waals surface area contributed by atoms with Gasteiger partial charge in [0.25, 0.3) is 11.1 Å². The van der Waals surface area contributed by atoms with Crippen molar-refractivity contribution in [2.45, 2.75) is 20.4 Å². The Morgan fingerprint density at radius 1 is 1.19 bits per heavy atom. The standard InChI is InChI=1S/C19H19ClN2O3S/c1-3-21(4-2)17-9-8-15(25-17)11-16-18(23)22(19(24)26-16)12-13-6-5-7-14(20)10-13/h5-11H,3-4,12H2,1-2H3/b16-11-. The first-order valence-corrected chi connectivity index (χ1v) is 9.55. The molecule has 0 N–H and O–H groups in total. The van der Waals surface area contributed by atoms with E-state index in [0.29, 0.717) is 15.7 Å². The van der Waals surface area contributed by atoms with Crippen molar-refractivity contribution in [2.24, 2.45) is 0 Å². The van der Waals surface area contributed by atoms with Crippen molar-refractivity contribution >= 4 is 46.5 Å². The van der Waals surface area contributed by atoms with Gasteiger partial charge in [0.05, 0.1) is 11.4 Å². The number of carbonyl (C=O) groups excluding carboxylic acids is 2. The Kier molecular flexibility index (Phi) is 5.74. The first kappa shape index (κ1) is 18.6. The van der Waals surface area contributed by atoms with Gasteiger partial charge in [-0.1, -0.05) is 23.7 Å². The Labute approximate surface area is 161 Å². The zero-order valence-electron chi connectivity index (χ0n) is 14.6. The normalized spacial score (nSPS) is 16.0. The molecule has 1 fully saturated rings. The summed E-state index contributed by atoms with van der Waals surface area (Å²) in [7, 11) is 0. The van der Waals surface area contributed by atoms with Crippen LogP contribution in [0.5, 0.6) is 0 Å². The molecule has 2 heterocycles. The predicted octanol–water partition coefficient (Wildman–Crippen LogP) is 5.02. The summed E-state index contributed by atoms with van der Waals surface area (Å²) in [5.41, 5.74) is 0.808. The van der Waals surface area contributed by atoms with Gasteiger partial charge in [-0.25, -0.2) is 0 Å². The summed E-state index contributed by atoms with van der Waals surface area (Å²) in [6.45, 7) is 5.96. The molecule has 0 unspecified atom stereocenters. The molecule has 1 aliphatic heterocycles. The van der Waals surface area contributed by atoms with Gasteiger partial charge in [0.15, 0.2) is 5.88 Å². The van der Waals surface area contributed by atoms with Gasteiger partial charge in [-0.05, 0) is 49.4 Å². The van der Waals surface area contributed by atoms with E-state index in [1.165, 1.54) is 4.90 Å². The molecule has 0 atom stereocenters. The van der Waals surface area contributed by atoms with Gasteiger partial charge in [0, 0.05) is 30.3 Å². The Balaban J connectivity index is 1.77. The molecule has 5 nitrogen and oxygen atoms in total. The SMILES string of the molecule is CCN(CC)c1ccc(/C=C2\SC(=O)N(Cc3cccc(Cl)c3)C2=O)o1. The summed E-state index contributed by atoms with van der Waals surface area (Å²) in [5, 5.41) is 0.279. The van der Waals surface area contributed by atoms with Gasteiger partial charge in [0.2, 0.25) is 0 Å². The molecule has 3 rings (SSSR count). The van der Waals surface area contributed by atoms with Crippen molar-refractivity contribution in [3.8, 4) is 0 Å². The Morgan fingerprint density at radius 2 is 1.96 bits per heavy atom. The molecular formula is C19H19ClN2O3S. The Morgan fingerprint density at radius 3 is 2.65 bits per heavy atom. The van der Waals surface area contributed by atoms with Gasteiger partial charge in [-0.3, -0.25) is 14.5 Å². The van der Waals surface area contributed by atoms with E-state index in [1.54, 1.807) is 30.3 Å². The molecule has 1 aromatic carbocycles. The van der Waals surface area contributed by atoms with Crippen LogP contribution in [0.15, 0.2) is 45.7 Å². The number of furan rings is 1. The van der Waals surface area contributed by atoms with Crippen LogP contribution in [0.1, 0.15) is 25.2 Å². The van der Waals surface area contributed by atoms with Crippen LogP contribution in [0.25, 0.3) is 6.08 Å². The average Bonchev–Trinajstić information content (AvgIpc) is 3.17. The van der Waals surface area contributed by atoms with E-state index in [-0.39, 0.29) is 17.7 Å². The van der Waals surface area contributed by atoms with Gasteiger partial charge < -0.3 is 9.32 Å². The monoisotopic (exact) mass is 390 g/mol. The fourth-order valence-electron chi connectivity index (χ4n) is 2.71. The fourth-order valence-corrected chi connectivity index (χ4v) is 3.74. The van der Waals surface area contributed by atoms with Gasteiger partial charge >= 0.3 is 0 Å². The fraction of sp³-hybridized carbons (Fsp3) is 0.263. The van der Waals surface area contributed by atoms with Crippen LogP contribution in [0.2, 0.25) is 5.02 Å². The summed E-state index contributed by atoms with van der Waals surface area (Å²) < 4.78 is 5.78. The zero-order valence-corrected chi connectivity index (χ0v) is 16.1. The number of hydrogen-bond donors (Lipinski definition) is 0. The van der Waals surface area contributed by atoms with Crippen molar-refractivity contribution in [1.82, 2.24) is 4.90 Å². The van der Waals surface area contributed by atoms with Crippen LogP contribution in [-0.2, 0) is 11.3 Å². The zero-order chi connectivity index (χ0) is 18.7. The van der Waals surface area contributed by atoms with Gasteiger partial charge in [-0.2, -0.15) is 0 Å². The van der Waals surface area contributed by atoms with Crippen LogP contribution >= 0.6 is 23.4 Å². The molecule has 0 saturated carbocycles. The molecule has 2 aromatic rings. The van der Waals surface area contributed by atoms with Crippen molar-refractivity contribution in [2.75, 3.05) is 18.0 Å². The van der Waals surface area contributed by atoms with Gasteiger partial charge in [0.1, 0.15) is 5.76 Å². The van der Waals surface area contributed by atoms with Crippen molar-refractivity contribution in [3.05, 3.63) is 57.6 Å².